The van der Waals surface area contributed by atoms with Crippen molar-refractivity contribution >= 4 is 17.1 Å². The van der Waals surface area contributed by atoms with Crippen LogP contribution in [0.15, 0.2) is 18.3 Å². The molecule has 0 radical (unpaired) electrons. The zero-order valence-corrected chi connectivity index (χ0v) is 18.1. The van der Waals surface area contributed by atoms with Crippen LogP contribution in [0.3, 0.4) is 0 Å². The number of amides is 1. The van der Waals surface area contributed by atoms with Crippen LogP contribution in [0.5, 0.6) is 0 Å². The first-order valence-corrected chi connectivity index (χ1v) is 10.6. The van der Waals surface area contributed by atoms with Gasteiger partial charge in [0.2, 0.25) is 5.91 Å². The van der Waals surface area contributed by atoms with Crippen LogP contribution in [0.25, 0.3) is 11.2 Å². The molecule has 1 fully saturated rings. The second kappa shape index (κ2) is 9.22. The minimum Gasteiger partial charge on any atom is -0.390 e. The molecule has 0 bridgehead atoms. The van der Waals surface area contributed by atoms with Crippen molar-refractivity contribution in [1.29, 1.82) is 0 Å². The average molecular weight is 403 g/mol. The van der Waals surface area contributed by atoms with Gasteiger partial charge in [-0.05, 0) is 58.1 Å². The van der Waals surface area contributed by atoms with Gasteiger partial charge in [-0.15, -0.1) is 0 Å². The van der Waals surface area contributed by atoms with E-state index in [4.69, 9.17) is 9.72 Å². The van der Waals surface area contributed by atoms with Crippen molar-refractivity contribution in [2.45, 2.75) is 64.5 Å². The van der Waals surface area contributed by atoms with Crippen molar-refractivity contribution in [3.63, 3.8) is 0 Å². The normalized spacial score (nSPS) is 17.1. The second-order valence-electron chi connectivity index (χ2n) is 8.71. The Labute approximate surface area is 173 Å². The number of hydrogen-bond acceptors (Lipinski definition) is 5. The first kappa shape index (κ1) is 21.7. The molecule has 1 amide bonds. The number of nitrogens with zero attached hydrogens (tertiary/aromatic N) is 4. The topological polar surface area (TPSA) is 80.5 Å². The molecule has 1 N–H and O–H groups in total. The van der Waals surface area contributed by atoms with Gasteiger partial charge in [-0.25, -0.2) is 9.97 Å². The number of aliphatic hydroxyl groups is 1. The summed E-state index contributed by atoms with van der Waals surface area (Å²) in [5.74, 6) is 1.42. The molecule has 7 nitrogen and oxygen atoms in total. The highest BCUT2D eigenvalue weighted by atomic mass is 16.5. The number of aryl methyl sites for hydroxylation is 1. The van der Waals surface area contributed by atoms with Crippen molar-refractivity contribution in [3.05, 3.63) is 24.2 Å². The molecular weight excluding hydrogens is 368 g/mol. The molecule has 7 heteroatoms. The third kappa shape index (κ3) is 5.14. The molecule has 1 atom stereocenters. The summed E-state index contributed by atoms with van der Waals surface area (Å²) >= 11 is 0. The second-order valence-corrected chi connectivity index (χ2v) is 8.71. The first-order valence-electron chi connectivity index (χ1n) is 10.6. The Morgan fingerprint density at radius 1 is 1.38 bits per heavy atom. The Hall–Kier alpha value is -1.99. The molecule has 1 aliphatic rings. The highest BCUT2D eigenvalue weighted by Gasteiger charge is 2.31. The maximum absolute atomic E-state index is 12.6. The number of rotatable bonds is 8. The highest BCUT2D eigenvalue weighted by Crippen LogP contribution is 2.28. The number of methoxy groups -OCH3 is 1. The number of carbonyl (C=O) groups excluding carboxylic acids is 1. The zero-order valence-electron chi connectivity index (χ0n) is 18.1. The van der Waals surface area contributed by atoms with Gasteiger partial charge < -0.3 is 19.3 Å². The van der Waals surface area contributed by atoms with Gasteiger partial charge in [0.1, 0.15) is 11.3 Å². The Morgan fingerprint density at radius 3 is 2.76 bits per heavy atom. The first-order chi connectivity index (χ1) is 13.8. The lowest BCUT2D eigenvalue weighted by Gasteiger charge is -2.37. The molecule has 1 aliphatic heterocycles. The highest BCUT2D eigenvalue weighted by molar-refractivity contribution is 5.76. The predicted molar refractivity (Wildman–Crippen MR) is 113 cm³/mol. The number of imidazole rings is 1. The Bertz CT molecular complexity index is 819. The number of hydrogen-bond donors (Lipinski definition) is 1. The average Bonchev–Trinajstić information content (AvgIpc) is 3.06. The van der Waals surface area contributed by atoms with Crippen molar-refractivity contribution in [3.8, 4) is 0 Å². The summed E-state index contributed by atoms with van der Waals surface area (Å²) in [6.07, 6.45) is 5.52. The number of pyridine rings is 1. The summed E-state index contributed by atoms with van der Waals surface area (Å²) in [5.41, 5.74) is 1.08. The van der Waals surface area contributed by atoms with Crippen molar-refractivity contribution in [2.24, 2.45) is 5.92 Å². The molecule has 2 aromatic rings. The van der Waals surface area contributed by atoms with Crippen molar-refractivity contribution in [1.82, 2.24) is 19.4 Å². The molecule has 0 aromatic carbocycles. The maximum atomic E-state index is 12.6. The van der Waals surface area contributed by atoms with Crippen LogP contribution < -0.4 is 0 Å². The van der Waals surface area contributed by atoms with Crippen LogP contribution in [-0.4, -0.2) is 62.9 Å². The molecule has 29 heavy (non-hydrogen) atoms. The lowest BCUT2D eigenvalue weighted by atomic mass is 9.83. The standard InChI is InChI=1S/C22H34N4O3/c1-16(15-29-4)26-19(24-18-7-6-12-23-21(18)26)8-5-9-20(27)25-13-10-17(11-14-25)22(2,3)28/h6-7,12,16-17,28H,5,8-11,13-15H2,1-4H3/t16-/m0/s1. The van der Waals surface area contributed by atoms with Crippen LogP contribution in [0, 0.1) is 5.92 Å². The van der Waals surface area contributed by atoms with Crippen molar-refractivity contribution < 1.29 is 14.6 Å². The predicted octanol–water partition coefficient (Wildman–Crippen LogP) is 2.97. The number of carbonyl (C=O) groups is 1. The molecule has 160 valence electrons. The minimum absolute atomic E-state index is 0.131. The Kier molecular flexibility index (Phi) is 6.90. The van der Waals surface area contributed by atoms with Gasteiger partial charge >= 0.3 is 0 Å². The summed E-state index contributed by atoms with van der Waals surface area (Å²) in [4.78, 5) is 23.8. The van der Waals surface area contributed by atoms with E-state index in [1.807, 2.05) is 30.9 Å². The number of fused-ring (bicyclic) bond motifs is 1. The van der Waals surface area contributed by atoms with E-state index < -0.39 is 5.60 Å². The fourth-order valence-corrected chi connectivity index (χ4v) is 4.32. The van der Waals surface area contributed by atoms with E-state index in [0.29, 0.717) is 13.0 Å². The third-order valence-electron chi connectivity index (χ3n) is 6.01. The SMILES string of the molecule is COC[C@H](C)n1c(CCCC(=O)N2CCC(C(C)(C)O)CC2)nc2cccnc21. The number of aromatic nitrogens is 3. The molecule has 0 spiro atoms. The summed E-state index contributed by atoms with van der Waals surface area (Å²) in [5, 5.41) is 10.2. The van der Waals surface area contributed by atoms with Crippen LogP contribution in [0.4, 0.5) is 0 Å². The summed E-state index contributed by atoms with van der Waals surface area (Å²) < 4.78 is 7.47. The Morgan fingerprint density at radius 2 is 2.10 bits per heavy atom. The van der Waals surface area contributed by atoms with E-state index in [9.17, 15) is 9.90 Å². The maximum Gasteiger partial charge on any atom is 0.222 e. The molecular formula is C22H34N4O3. The fourth-order valence-electron chi connectivity index (χ4n) is 4.32. The van der Waals surface area contributed by atoms with Gasteiger partial charge in [-0.2, -0.15) is 0 Å². The molecule has 3 rings (SSSR count). The molecule has 1 saturated heterocycles. The summed E-state index contributed by atoms with van der Waals surface area (Å²) in [7, 11) is 1.70. The number of piperidine rings is 1. The summed E-state index contributed by atoms with van der Waals surface area (Å²) in [6.45, 7) is 7.88. The minimum atomic E-state index is -0.666. The van der Waals surface area contributed by atoms with Crippen LogP contribution in [0.1, 0.15) is 58.3 Å². The molecule has 2 aromatic heterocycles. The van der Waals surface area contributed by atoms with Crippen LogP contribution in [-0.2, 0) is 16.0 Å². The van der Waals surface area contributed by atoms with Gasteiger partial charge in [-0.1, -0.05) is 0 Å². The van der Waals surface area contributed by atoms with E-state index in [1.54, 1.807) is 13.3 Å². The Balaban J connectivity index is 1.58. The van der Waals surface area contributed by atoms with Gasteiger partial charge in [0.15, 0.2) is 5.65 Å². The van der Waals surface area contributed by atoms with Gasteiger partial charge in [0.05, 0.1) is 18.2 Å². The van der Waals surface area contributed by atoms with E-state index >= 15 is 0 Å². The number of ether oxygens (including phenoxy) is 1. The quantitative estimate of drug-likeness (QED) is 0.734. The van der Waals surface area contributed by atoms with E-state index in [0.717, 1.165) is 55.8 Å². The molecule has 0 aliphatic carbocycles. The van der Waals surface area contributed by atoms with Crippen LogP contribution in [0.2, 0.25) is 0 Å². The van der Waals surface area contributed by atoms with Gasteiger partial charge in [0, 0.05) is 39.2 Å². The monoisotopic (exact) mass is 402 g/mol. The lowest BCUT2D eigenvalue weighted by Crippen LogP contribution is -2.44. The zero-order chi connectivity index (χ0) is 21.0. The summed E-state index contributed by atoms with van der Waals surface area (Å²) in [6, 6.07) is 4.00. The van der Waals surface area contributed by atoms with Gasteiger partial charge in [-0.3, -0.25) is 4.79 Å². The van der Waals surface area contributed by atoms with Gasteiger partial charge in [0.25, 0.3) is 0 Å². The van der Waals surface area contributed by atoms with E-state index in [2.05, 4.69) is 16.5 Å². The molecule has 0 unspecified atom stereocenters. The largest absolute Gasteiger partial charge is 0.390 e. The fraction of sp³-hybridized carbons (Fsp3) is 0.682. The lowest BCUT2D eigenvalue weighted by molar-refractivity contribution is -0.134. The van der Waals surface area contributed by atoms with Crippen LogP contribution >= 0.6 is 0 Å². The van der Waals surface area contributed by atoms with Crippen molar-refractivity contribution in [2.75, 3.05) is 26.8 Å². The molecule has 0 saturated carbocycles. The van der Waals surface area contributed by atoms with E-state index in [-0.39, 0.29) is 17.9 Å². The van der Waals surface area contributed by atoms with E-state index in [1.165, 1.54) is 0 Å². The molecule has 3 heterocycles. The smallest absolute Gasteiger partial charge is 0.222 e. The number of likely N-dealkylation sites (tertiary alicyclic amines) is 1. The third-order valence-corrected chi connectivity index (χ3v) is 6.01.